The molecule has 1 aliphatic rings. The minimum absolute atomic E-state index is 0.0521. The molecule has 3 rings (SSSR count). The molecule has 20 heavy (non-hydrogen) atoms. The topological polar surface area (TPSA) is 54.0 Å². The number of pyridine rings is 1. The zero-order valence-electron chi connectivity index (χ0n) is 11.2. The Morgan fingerprint density at radius 3 is 2.75 bits per heavy atom. The second kappa shape index (κ2) is 5.84. The highest BCUT2D eigenvalue weighted by Gasteiger charge is 2.23. The molecule has 0 bridgehead atoms. The minimum Gasteiger partial charge on any atom is -0.351 e. The van der Waals surface area contributed by atoms with E-state index in [1.807, 2.05) is 24.3 Å². The van der Waals surface area contributed by atoms with Crippen molar-refractivity contribution in [1.82, 2.24) is 15.6 Å². The van der Waals surface area contributed by atoms with Crippen LogP contribution in [0.2, 0.25) is 0 Å². The van der Waals surface area contributed by atoms with Crippen molar-refractivity contribution in [3.63, 3.8) is 0 Å². The van der Waals surface area contributed by atoms with Gasteiger partial charge >= 0.3 is 0 Å². The van der Waals surface area contributed by atoms with Crippen LogP contribution in [0, 0.1) is 0 Å². The lowest BCUT2D eigenvalue weighted by Crippen LogP contribution is -2.47. The van der Waals surface area contributed by atoms with Gasteiger partial charge in [0.05, 0.1) is 6.04 Å². The molecule has 0 saturated heterocycles. The first-order chi connectivity index (χ1) is 9.83. The summed E-state index contributed by atoms with van der Waals surface area (Å²) < 4.78 is 0. The number of carbonyl (C=O) groups excluding carboxylic acids is 1. The molecule has 0 saturated carbocycles. The average Bonchev–Trinajstić information content (AvgIpc) is 2.53. The number of hydrogen-bond acceptors (Lipinski definition) is 3. The summed E-state index contributed by atoms with van der Waals surface area (Å²) in [6.45, 7) is 1.30. The van der Waals surface area contributed by atoms with Crippen molar-refractivity contribution in [3.05, 3.63) is 65.5 Å². The molecular weight excluding hydrogens is 250 g/mol. The summed E-state index contributed by atoms with van der Waals surface area (Å²) >= 11 is 0. The zero-order valence-corrected chi connectivity index (χ0v) is 11.2. The van der Waals surface area contributed by atoms with Crippen LogP contribution >= 0.6 is 0 Å². The maximum atomic E-state index is 12.2. The van der Waals surface area contributed by atoms with E-state index in [2.05, 4.69) is 27.8 Å². The molecule has 0 radical (unpaired) electrons. The van der Waals surface area contributed by atoms with Crippen molar-refractivity contribution in [1.29, 1.82) is 0 Å². The Balaban J connectivity index is 1.59. The molecule has 0 aliphatic carbocycles. The van der Waals surface area contributed by atoms with Crippen molar-refractivity contribution in [2.45, 2.75) is 25.6 Å². The normalized spacial score (nSPS) is 17.3. The summed E-state index contributed by atoms with van der Waals surface area (Å²) in [6, 6.07) is 11.9. The molecule has 1 unspecified atom stereocenters. The van der Waals surface area contributed by atoms with Crippen LogP contribution < -0.4 is 10.6 Å². The van der Waals surface area contributed by atoms with E-state index < -0.39 is 0 Å². The van der Waals surface area contributed by atoms with Crippen LogP contribution in [0.4, 0.5) is 0 Å². The number of aromatic nitrogens is 1. The van der Waals surface area contributed by atoms with Crippen LogP contribution in [0.5, 0.6) is 0 Å². The smallest absolute Gasteiger partial charge is 0.237 e. The Bertz CT molecular complexity index is 598. The third-order valence-electron chi connectivity index (χ3n) is 3.61. The summed E-state index contributed by atoms with van der Waals surface area (Å²) in [5, 5.41) is 6.26. The maximum absolute atomic E-state index is 12.2. The molecule has 2 aromatic rings. The largest absolute Gasteiger partial charge is 0.351 e. The van der Waals surface area contributed by atoms with E-state index in [9.17, 15) is 4.79 Å². The summed E-state index contributed by atoms with van der Waals surface area (Å²) in [5.74, 6) is 0.0521. The molecular formula is C16H17N3O. The van der Waals surface area contributed by atoms with Crippen LogP contribution in [-0.4, -0.2) is 16.9 Å². The van der Waals surface area contributed by atoms with Gasteiger partial charge in [-0.3, -0.25) is 9.78 Å². The first kappa shape index (κ1) is 12.8. The molecule has 1 amide bonds. The zero-order chi connectivity index (χ0) is 13.8. The molecule has 4 heteroatoms. The van der Waals surface area contributed by atoms with E-state index in [1.165, 1.54) is 11.1 Å². The number of benzene rings is 1. The van der Waals surface area contributed by atoms with Gasteiger partial charge in [0.1, 0.15) is 0 Å². The maximum Gasteiger partial charge on any atom is 0.237 e. The Kier molecular flexibility index (Phi) is 3.74. The van der Waals surface area contributed by atoms with Crippen molar-refractivity contribution in [3.8, 4) is 0 Å². The predicted octanol–water partition coefficient (Wildman–Crippen LogP) is 1.41. The fourth-order valence-electron chi connectivity index (χ4n) is 2.45. The molecule has 0 spiro atoms. The number of hydrogen-bond donors (Lipinski definition) is 2. The van der Waals surface area contributed by atoms with Crippen LogP contribution in [0.15, 0.2) is 48.8 Å². The highest BCUT2D eigenvalue weighted by molar-refractivity contribution is 5.82. The second-order valence-electron chi connectivity index (χ2n) is 4.98. The van der Waals surface area contributed by atoms with Gasteiger partial charge in [-0.15, -0.1) is 0 Å². The van der Waals surface area contributed by atoms with E-state index in [0.29, 0.717) is 6.54 Å². The predicted molar refractivity (Wildman–Crippen MR) is 76.9 cm³/mol. The fourth-order valence-corrected chi connectivity index (χ4v) is 2.45. The fraction of sp³-hybridized carbons (Fsp3) is 0.250. The Morgan fingerprint density at radius 1 is 1.20 bits per heavy atom. The van der Waals surface area contributed by atoms with Gasteiger partial charge in [0.15, 0.2) is 0 Å². The molecule has 1 aliphatic heterocycles. The quantitative estimate of drug-likeness (QED) is 0.884. The molecule has 1 atom stereocenters. The monoisotopic (exact) mass is 267 g/mol. The molecule has 0 fully saturated rings. The summed E-state index contributed by atoms with van der Waals surface area (Å²) in [6.07, 6.45) is 4.21. The van der Waals surface area contributed by atoms with Crippen LogP contribution in [0.1, 0.15) is 16.7 Å². The Morgan fingerprint density at radius 2 is 1.95 bits per heavy atom. The van der Waals surface area contributed by atoms with Crippen molar-refractivity contribution < 1.29 is 4.79 Å². The van der Waals surface area contributed by atoms with Gasteiger partial charge in [0.25, 0.3) is 0 Å². The van der Waals surface area contributed by atoms with Crippen molar-refractivity contribution >= 4 is 5.91 Å². The lowest BCUT2D eigenvalue weighted by atomic mass is 9.95. The van der Waals surface area contributed by atoms with Crippen molar-refractivity contribution in [2.24, 2.45) is 0 Å². The van der Waals surface area contributed by atoms with Gasteiger partial charge < -0.3 is 10.6 Å². The lowest BCUT2D eigenvalue weighted by molar-refractivity contribution is -0.123. The Labute approximate surface area is 118 Å². The van der Waals surface area contributed by atoms with Crippen LogP contribution in [0.25, 0.3) is 0 Å². The van der Waals surface area contributed by atoms with Crippen molar-refractivity contribution in [2.75, 3.05) is 0 Å². The highest BCUT2D eigenvalue weighted by atomic mass is 16.2. The number of nitrogens with zero attached hydrogens (tertiary/aromatic N) is 1. The first-order valence-corrected chi connectivity index (χ1v) is 6.80. The van der Waals surface area contributed by atoms with E-state index in [0.717, 1.165) is 18.5 Å². The highest BCUT2D eigenvalue weighted by Crippen LogP contribution is 2.16. The summed E-state index contributed by atoms with van der Waals surface area (Å²) in [7, 11) is 0. The standard InChI is InChI=1S/C16H17N3O/c20-16(19-10-12-5-7-17-8-6-12)15-9-13-3-1-2-4-14(13)11-18-15/h1-8,15,18H,9-11H2,(H,19,20). The van der Waals surface area contributed by atoms with E-state index >= 15 is 0 Å². The van der Waals surface area contributed by atoms with Gasteiger partial charge in [-0.1, -0.05) is 24.3 Å². The van der Waals surface area contributed by atoms with Gasteiger partial charge in [-0.25, -0.2) is 0 Å². The lowest BCUT2D eigenvalue weighted by Gasteiger charge is -2.25. The third kappa shape index (κ3) is 2.86. The summed E-state index contributed by atoms with van der Waals surface area (Å²) in [5.41, 5.74) is 3.60. The van der Waals surface area contributed by atoms with E-state index in [1.54, 1.807) is 12.4 Å². The first-order valence-electron chi connectivity index (χ1n) is 6.80. The van der Waals surface area contributed by atoms with E-state index in [4.69, 9.17) is 0 Å². The number of nitrogens with one attached hydrogen (secondary N) is 2. The van der Waals surface area contributed by atoms with Crippen LogP contribution in [-0.2, 0) is 24.3 Å². The molecule has 1 aromatic carbocycles. The molecule has 2 N–H and O–H groups in total. The average molecular weight is 267 g/mol. The minimum atomic E-state index is -0.147. The third-order valence-corrected chi connectivity index (χ3v) is 3.61. The molecule has 2 heterocycles. The van der Waals surface area contributed by atoms with Gasteiger partial charge in [-0.05, 0) is 35.2 Å². The molecule has 4 nitrogen and oxygen atoms in total. The number of fused-ring (bicyclic) bond motifs is 1. The van der Waals surface area contributed by atoms with Crippen LogP contribution in [0.3, 0.4) is 0 Å². The number of amides is 1. The number of carbonyl (C=O) groups is 1. The second-order valence-corrected chi connectivity index (χ2v) is 4.98. The molecule has 102 valence electrons. The van der Waals surface area contributed by atoms with E-state index in [-0.39, 0.29) is 11.9 Å². The Hall–Kier alpha value is -2.20. The van der Waals surface area contributed by atoms with Gasteiger partial charge in [0, 0.05) is 25.5 Å². The molecule has 1 aromatic heterocycles. The van der Waals surface area contributed by atoms with Gasteiger partial charge in [0.2, 0.25) is 5.91 Å². The summed E-state index contributed by atoms with van der Waals surface area (Å²) in [4.78, 5) is 16.2. The van der Waals surface area contributed by atoms with Gasteiger partial charge in [-0.2, -0.15) is 0 Å². The number of rotatable bonds is 3. The SMILES string of the molecule is O=C(NCc1ccncc1)C1Cc2ccccc2CN1.